The molecule has 25 heavy (non-hydrogen) atoms. The summed E-state index contributed by atoms with van der Waals surface area (Å²) in [6.45, 7) is 0. The molecule has 0 aliphatic heterocycles. The van der Waals surface area contributed by atoms with Crippen LogP contribution >= 0.6 is 11.8 Å². The van der Waals surface area contributed by atoms with Crippen molar-refractivity contribution in [3.8, 4) is 0 Å². The lowest BCUT2D eigenvalue weighted by Gasteiger charge is -2.11. The number of aromatic nitrogens is 3. The van der Waals surface area contributed by atoms with Crippen LogP contribution in [-0.4, -0.2) is 41.4 Å². The van der Waals surface area contributed by atoms with Gasteiger partial charge in [0.15, 0.2) is 5.82 Å². The molecule has 5 nitrogen and oxygen atoms in total. The zero-order chi connectivity index (χ0) is 17.6. The highest BCUT2D eigenvalue weighted by Gasteiger charge is 2.11. The summed E-state index contributed by atoms with van der Waals surface area (Å²) < 4.78 is 1.82. The maximum absolute atomic E-state index is 4.61. The summed E-state index contributed by atoms with van der Waals surface area (Å²) in [7, 11) is 4.06. The van der Waals surface area contributed by atoms with Crippen LogP contribution in [0.5, 0.6) is 0 Å². The van der Waals surface area contributed by atoms with Crippen LogP contribution in [0.25, 0.3) is 0 Å². The van der Waals surface area contributed by atoms with E-state index in [9.17, 15) is 0 Å². The molecule has 0 aliphatic rings. The smallest absolute Gasteiger partial charge is 0.211 e. The first-order chi connectivity index (χ1) is 12.2. The summed E-state index contributed by atoms with van der Waals surface area (Å²) in [5.41, 5.74) is 3.39. The van der Waals surface area contributed by atoms with Crippen molar-refractivity contribution in [2.45, 2.75) is 11.6 Å². The van der Waals surface area contributed by atoms with Crippen molar-refractivity contribution in [1.82, 2.24) is 14.9 Å². The molecule has 2 aromatic carbocycles. The Hall–Kier alpha value is -2.60. The lowest BCUT2D eigenvalue weighted by molar-refractivity contribution is 0.730. The van der Waals surface area contributed by atoms with Crippen molar-refractivity contribution in [3.05, 3.63) is 71.5 Å². The van der Waals surface area contributed by atoms with E-state index < -0.39 is 0 Å². The molecule has 0 radical (unpaired) electrons. The number of hydrogen-bond donors (Lipinski definition) is 0. The van der Waals surface area contributed by atoms with E-state index in [1.807, 2.05) is 49.4 Å². The van der Waals surface area contributed by atoms with Crippen LogP contribution in [0.1, 0.15) is 17.0 Å². The van der Waals surface area contributed by atoms with Gasteiger partial charge in [-0.2, -0.15) is 9.78 Å². The van der Waals surface area contributed by atoms with Gasteiger partial charge >= 0.3 is 0 Å². The van der Waals surface area contributed by atoms with E-state index in [4.69, 9.17) is 0 Å². The fourth-order valence-electron chi connectivity index (χ4n) is 2.41. The van der Waals surface area contributed by atoms with Crippen LogP contribution < -0.4 is 4.90 Å². The van der Waals surface area contributed by atoms with Gasteiger partial charge in [0, 0.05) is 26.2 Å². The van der Waals surface area contributed by atoms with Gasteiger partial charge in [0.05, 0.1) is 6.21 Å². The summed E-state index contributed by atoms with van der Waals surface area (Å²) in [4.78, 5) is 2.07. The molecule has 0 unspecified atom stereocenters. The van der Waals surface area contributed by atoms with Gasteiger partial charge in [-0.1, -0.05) is 54.2 Å². The largest absolute Gasteiger partial charge is 0.378 e. The van der Waals surface area contributed by atoms with E-state index >= 15 is 0 Å². The Morgan fingerprint density at radius 3 is 2.40 bits per heavy atom. The molecule has 3 rings (SSSR count). The van der Waals surface area contributed by atoms with E-state index in [-0.39, 0.29) is 0 Å². The predicted molar refractivity (Wildman–Crippen MR) is 105 cm³/mol. The Kier molecular flexibility index (Phi) is 5.50. The summed E-state index contributed by atoms with van der Waals surface area (Å²) in [6.07, 6.45) is 4.52. The van der Waals surface area contributed by atoms with E-state index in [2.05, 4.69) is 56.6 Å². The SMILES string of the molecule is CSc1nnc(Cc2ccccc2)n1/N=C\c1ccc(N(C)C)cc1. The molecule has 0 N–H and O–H groups in total. The molecule has 0 aliphatic carbocycles. The van der Waals surface area contributed by atoms with Gasteiger partial charge in [0.25, 0.3) is 0 Å². The molecule has 0 saturated carbocycles. The fourth-order valence-corrected chi connectivity index (χ4v) is 2.86. The van der Waals surface area contributed by atoms with Crippen LogP contribution in [0.4, 0.5) is 5.69 Å². The van der Waals surface area contributed by atoms with Gasteiger partial charge in [0.1, 0.15) is 0 Å². The van der Waals surface area contributed by atoms with Crippen molar-refractivity contribution in [3.63, 3.8) is 0 Å². The van der Waals surface area contributed by atoms with Gasteiger partial charge < -0.3 is 4.90 Å². The molecule has 0 bridgehead atoms. The fraction of sp³-hybridized carbons (Fsp3) is 0.211. The van der Waals surface area contributed by atoms with Crippen LogP contribution in [0.3, 0.4) is 0 Å². The quantitative estimate of drug-likeness (QED) is 0.503. The molecule has 1 heterocycles. The van der Waals surface area contributed by atoms with Gasteiger partial charge in [-0.15, -0.1) is 10.2 Å². The zero-order valence-electron chi connectivity index (χ0n) is 14.6. The maximum Gasteiger partial charge on any atom is 0.211 e. The lowest BCUT2D eigenvalue weighted by Crippen LogP contribution is -2.08. The van der Waals surface area contributed by atoms with Crippen molar-refractivity contribution in [2.75, 3.05) is 25.3 Å². The summed E-state index contributed by atoms with van der Waals surface area (Å²) in [5, 5.41) is 13.9. The number of anilines is 1. The average Bonchev–Trinajstić information content (AvgIpc) is 3.02. The Labute approximate surface area is 152 Å². The molecule has 0 spiro atoms. The van der Waals surface area contributed by atoms with E-state index in [0.717, 1.165) is 22.2 Å². The topological polar surface area (TPSA) is 46.3 Å². The van der Waals surface area contributed by atoms with Crippen LogP contribution in [0, 0.1) is 0 Å². The maximum atomic E-state index is 4.61. The number of thioether (sulfide) groups is 1. The van der Waals surface area contributed by atoms with Crippen molar-refractivity contribution in [1.29, 1.82) is 0 Å². The zero-order valence-corrected chi connectivity index (χ0v) is 15.4. The molecular formula is C19H21N5S. The summed E-state index contributed by atoms with van der Waals surface area (Å²) in [5.74, 6) is 0.830. The second-order valence-electron chi connectivity index (χ2n) is 5.81. The Morgan fingerprint density at radius 2 is 1.76 bits per heavy atom. The third-order valence-corrected chi connectivity index (χ3v) is 4.42. The van der Waals surface area contributed by atoms with Crippen LogP contribution in [0.2, 0.25) is 0 Å². The highest BCUT2D eigenvalue weighted by molar-refractivity contribution is 7.98. The normalized spacial score (nSPS) is 11.2. The monoisotopic (exact) mass is 351 g/mol. The highest BCUT2D eigenvalue weighted by Crippen LogP contribution is 2.17. The standard InChI is InChI=1S/C19H21N5S/c1-23(2)17-11-9-16(10-12-17)14-20-24-18(21-22-19(24)25-3)13-15-7-5-4-6-8-15/h4-12,14H,13H2,1-3H3/b20-14-. The minimum Gasteiger partial charge on any atom is -0.378 e. The molecule has 3 aromatic rings. The first-order valence-electron chi connectivity index (χ1n) is 8.01. The predicted octanol–water partition coefficient (Wildman–Crippen LogP) is 3.54. The molecule has 0 fully saturated rings. The van der Waals surface area contributed by atoms with Crippen molar-refractivity contribution in [2.24, 2.45) is 5.10 Å². The van der Waals surface area contributed by atoms with Crippen LogP contribution in [-0.2, 0) is 6.42 Å². The van der Waals surface area contributed by atoms with Gasteiger partial charge in [-0.3, -0.25) is 0 Å². The number of benzene rings is 2. The molecule has 0 amide bonds. The first kappa shape index (κ1) is 17.2. The third kappa shape index (κ3) is 4.28. The second-order valence-corrected chi connectivity index (χ2v) is 6.58. The van der Waals surface area contributed by atoms with Gasteiger partial charge in [-0.25, -0.2) is 0 Å². The highest BCUT2D eigenvalue weighted by atomic mass is 32.2. The lowest BCUT2D eigenvalue weighted by atomic mass is 10.1. The van der Waals surface area contributed by atoms with Crippen molar-refractivity contribution >= 4 is 23.7 Å². The van der Waals surface area contributed by atoms with E-state index in [0.29, 0.717) is 6.42 Å². The van der Waals surface area contributed by atoms with Crippen molar-refractivity contribution < 1.29 is 0 Å². The molecule has 128 valence electrons. The van der Waals surface area contributed by atoms with Crippen LogP contribution in [0.15, 0.2) is 64.9 Å². The Morgan fingerprint density at radius 1 is 1.04 bits per heavy atom. The summed E-state index contributed by atoms with van der Waals surface area (Å²) in [6, 6.07) is 18.5. The third-order valence-electron chi connectivity index (χ3n) is 3.80. The minimum atomic E-state index is 0.700. The number of nitrogens with zero attached hydrogens (tertiary/aromatic N) is 5. The molecule has 1 aromatic heterocycles. The van der Waals surface area contributed by atoms with Gasteiger partial charge in [-0.05, 0) is 29.5 Å². The molecular weight excluding hydrogens is 330 g/mol. The summed E-state index contributed by atoms with van der Waals surface area (Å²) >= 11 is 1.54. The Balaban J connectivity index is 1.84. The number of hydrogen-bond acceptors (Lipinski definition) is 5. The molecule has 0 saturated heterocycles. The second kappa shape index (κ2) is 7.98. The molecule has 6 heteroatoms. The number of rotatable bonds is 6. The molecule has 0 atom stereocenters. The van der Waals surface area contributed by atoms with Gasteiger partial charge in [0.2, 0.25) is 5.16 Å². The minimum absolute atomic E-state index is 0.700. The average molecular weight is 351 g/mol. The van der Waals surface area contributed by atoms with E-state index in [1.165, 1.54) is 17.3 Å². The Bertz CT molecular complexity index is 838. The van der Waals surface area contributed by atoms with E-state index in [1.54, 1.807) is 0 Å². The first-order valence-corrected chi connectivity index (χ1v) is 9.24.